The Balaban J connectivity index is 2.02. The predicted octanol–water partition coefficient (Wildman–Crippen LogP) is 1.34. The summed E-state index contributed by atoms with van der Waals surface area (Å²) in [6.07, 6.45) is 0. The van der Waals surface area contributed by atoms with E-state index in [0.717, 1.165) is 5.56 Å². The molecule has 0 radical (unpaired) electrons. The molecule has 25 heavy (non-hydrogen) atoms. The van der Waals surface area contributed by atoms with Crippen LogP contribution in [0.5, 0.6) is 0 Å². The lowest BCUT2D eigenvalue weighted by Gasteiger charge is -2.22. The molecule has 1 aromatic rings. The zero-order valence-corrected chi connectivity index (χ0v) is 15.7. The number of alkyl halides is 3. The molecule has 0 spiro atoms. The summed E-state index contributed by atoms with van der Waals surface area (Å²) in [6.45, 7) is 0.262. The first kappa shape index (κ1) is 20.2. The molecular weight excluding hydrogens is 417 g/mol. The van der Waals surface area contributed by atoms with Crippen LogP contribution < -0.4 is 10.6 Å². The van der Waals surface area contributed by atoms with E-state index in [9.17, 15) is 23.3 Å². The summed E-state index contributed by atoms with van der Waals surface area (Å²) < 4.78 is 21.5. The van der Waals surface area contributed by atoms with Crippen LogP contribution in [0, 0.1) is 10.1 Å². The van der Waals surface area contributed by atoms with Crippen molar-refractivity contribution in [1.29, 1.82) is 0 Å². The van der Waals surface area contributed by atoms with Gasteiger partial charge in [0.2, 0.25) is 0 Å². The van der Waals surface area contributed by atoms with E-state index in [1.165, 1.54) is 12.1 Å². The molecule has 2 rings (SSSR count). The van der Waals surface area contributed by atoms with Gasteiger partial charge in [0, 0.05) is 24.7 Å². The maximum Gasteiger partial charge on any atom is 0.272 e. The van der Waals surface area contributed by atoms with Crippen LogP contribution >= 0.6 is 34.8 Å². The topological polar surface area (TPSA) is 118 Å². The highest BCUT2D eigenvalue weighted by molar-refractivity contribution is 7.91. The summed E-state index contributed by atoms with van der Waals surface area (Å²) in [4.78, 5) is 21.9. The lowest BCUT2D eigenvalue weighted by Crippen LogP contribution is -2.51. The molecular formula is C13H14Cl3N3O5S. The minimum absolute atomic E-state index is 0.0417. The third kappa shape index (κ3) is 5.68. The predicted molar refractivity (Wildman–Crippen MR) is 94.6 cm³/mol. The molecule has 0 bridgehead atoms. The van der Waals surface area contributed by atoms with E-state index in [1.54, 1.807) is 12.1 Å². The normalized spacial score (nSPS) is 22.5. The zero-order chi connectivity index (χ0) is 18.8. The summed E-state index contributed by atoms with van der Waals surface area (Å²) in [5.74, 6) is -1.34. The number of nitro benzene ring substituents is 1. The third-order valence-corrected chi connectivity index (χ3v) is 5.89. The number of halogens is 3. The average molecular weight is 431 g/mol. The molecule has 1 aromatic carbocycles. The van der Waals surface area contributed by atoms with Crippen LogP contribution in [-0.4, -0.2) is 46.6 Å². The Morgan fingerprint density at radius 2 is 1.76 bits per heavy atom. The second-order valence-electron chi connectivity index (χ2n) is 5.57. The number of amides is 1. The number of sulfone groups is 1. The van der Waals surface area contributed by atoms with Gasteiger partial charge in [-0.1, -0.05) is 46.9 Å². The van der Waals surface area contributed by atoms with Crippen molar-refractivity contribution in [3.8, 4) is 0 Å². The van der Waals surface area contributed by atoms with E-state index in [0.29, 0.717) is 0 Å². The van der Waals surface area contributed by atoms with E-state index >= 15 is 0 Å². The number of nitro groups is 1. The van der Waals surface area contributed by atoms with E-state index in [4.69, 9.17) is 34.8 Å². The van der Waals surface area contributed by atoms with Crippen LogP contribution in [0.2, 0.25) is 0 Å². The summed E-state index contributed by atoms with van der Waals surface area (Å²) in [5, 5.41) is 16.1. The number of hydrogen-bond acceptors (Lipinski definition) is 6. The van der Waals surface area contributed by atoms with Crippen LogP contribution in [-0.2, 0) is 21.2 Å². The molecule has 0 aromatic heterocycles. The number of carbonyl (C=O) groups excluding carboxylic acids is 1. The van der Waals surface area contributed by atoms with Crippen LogP contribution in [0.15, 0.2) is 24.3 Å². The molecule has 12 heteroatoms. The fourth-order valence-corrected chi connectivity index (χ4v) is 4.49. The van der Waals surface area contributed by atoms with Crippen molar-refractivity contribution in [2.75, 3.05) is 11.5 Å². The van der Waals surface area contributed by atoms with E-state index in [2.05, 4.69) is 10.6 Å². The first-order chi connectivity index (χ1) is 11.5. The molecule has 138 valence electrons. The summed E-state index contributed by atoms with van der Waals surface area (Å²) >= 11 is 16.5. The number of nitrogens with one attached hydrogen (secondary N) is 2. The van der Waals surface area contributed by atoms with E-state index in [1.807, 2.05) is 0 Å². The van der Waals surface area contributed by atoms with Gasteiger partial charge in [0.15, 0.2) is 9.84 Å². The fourth-order valence-electron chi connectivity index (χ4n) is 2.43. The summed E-state index contributed by atoms with van der Waals surface area (Å²) in [6, 6.07) is 4.50. The first-order valence-electron chi connectivity index (χ1n) is 7.03. The highest BCUT2D eigenvalue weighted by Crippen LogP contribution is 2.27. The average Bonchev–Trinajstić information content (AvgIpc) is 2.78. The lowest BCUT2D eigenvalue weighted by atomic mass is 10.1. The van der Waals surface area contributed by atoms with Crippen molar-refractivity contribution in [3.63, 3.8) is 0 Å². The number of carbonyl (C=O) groups is 1. The molecule has 1 amide bonds. The van der Waals surface area contributed by atoms with Gasteiger partial charge in [-0.15, -0.1) is 0 Å². The highest BCUT2D eigenvalue weighted by Gasteiger charge is 2.41. The Bertz CT molecular complexity index is 764. The molecule has 0 aliphatic carbocycles. The minimum Gasteiger partial charge on any atom is -0.347 e. The van der Waals surface area contributed by atoms with E-state index in [-0.39, 0.29) is 23.7 Å². The Morgan fingerprint density at radius 3 is 2.28 bits per heavy atom. The largest absolute Gasteiger partial charge is 0.347 e. The number of rotatable bonds is 5. The first-order valence-corrected chi connectivity index (χ1v) is 9.98. The van der Waals surface area contributed by atoms with Gasteiger partial charge in [-0.3, -0.25) is 14.9 Å². The smallest absolute Gasteiger partial charge is 0.272 e. The molecule has 0 saturated carbocycles. The Morgan fingerprint density at radius 1 is 1.20 bits per heavy atom. The second kappa shape index (κ2) is 7.63. The van der Waals surface area contributed by atoms with Gasteiger partial charge in [0.05, 0.1) is 22.5 Å². The van der Waals surface area contributed by atoms with Gasteiger partial charge in [0.1, 0.15) is 0 Å². The molecule has 2 atom stereocenters. The molecule has 1 aliphatic heterocycles. The van der Waals surface area contributed by atoms with Gasteiger partial charge in [-0.2, -0.15) is 0 Å². The quantitative estimate of drug-likeness (QED) is 0.413. The fraction of sp³-hybridized carbons (Fsp3) is 0.462. The SMILES string of the molecule is O=C(N[C@H]1CS(=O)(=O)C[C@@H]1NCc1ccc([N+](=O)[O-])cc1)C(Cl)(Cl)Cl. The van der Waals surface area contributed by atoms with Crippen LogP contribution in [0.4, 0.5) is 5.69 Å². The highest BCUT2D eigenvalue weighted by atomic mass is 35.6. The van der Waals surface area contributed by atoms with Gasteiger partial charge in [0.25, 0.3) is 15.4 Å². The Kier molecular flexibility index (Phi) is 6.16. The number of benzene rings is 1. The van der Waals surface area contributed by atoms with Gasteiger partial charge in [-0.25, -0.2) is 8.42 Å². The maximum atomic E-state index is 11.8. The molecule has 1 aliphatic rings. The van der Waals surface area contributed by atoms with Crippen molar-refractivity contribution < 1.29 is 18.1 Å². The summed E-state index contributed by atoms with van der Waals surface area (Å²) in [5.41, 5.74) is 0.682. The molecule has 1 heterocycles. The van der Waals surface area contributed by atoms with Gasteiger partial charge in [-0.05, 0) is 5.56 Å². The Labute approximate surface area is 158 Å². The standard InChI is InChI=1S/C13H14Cl3N3O5S/c14-13(15,16)12(20)18-11-7-25(23,24)6-10(11)17-5-8-1-3-9(4-2-8)19(21)22/h1-4,10-11,17H,5-7H2,(H,18,20)/t10-,11-/m0/s1. The molecule has 1 saturated heterocycles. The van der Waals surface area contributed by atoms with Crippen molar-refractivity contribution in [3.05, 3.63) is 39.9 Å². The molecule has 2 N–H and O–H groups in total. The number of hydrogen-bond donors (Lipinski definition) is 2. The van der Waals surface area contributed by atoms with Crippen LogP contribution in [0.3, 0.4) is 0 Å². The van der Waals surface area contributed by atoms with Crippen molar-refractivity contribution in [2.24, 2.45) is 0 Å². The number of non-ortho nitro benzene ring substituents is 1. The van der Waals surface area contributed by atoms with Crippen molar-refractivity contribution in [2.45, 2.75) is 22.4 Å². The Hall–Kier alpha value is -1.13. The third-order valence-electron chi connectivity index (χ3n) is 3.64. The molecule has 1 fully saturated rings. The maximum absolute atomic E-state index is 11.8. The van der Waals surface area contributed by atoms with E-state index < -0.39 is 36.5 Å². The van der Waals surface area contributed by atoms with Gasteiger partial charge < -0.3 is 10.6 Å². The van der Waals surface area contributed by atoms with Crippen molar-refractivity contribution >= 4 is 56.2 Å². The molecule has 8 nitrogen and oxygen atoms in total. The van der Waals surface area contributed by atoms with Crippen molar-refractivity contribution in [1.82, 2.24) is 10.6 Å². The molecule has 0 unspecified atom stereocenters. The lowest BCUT2D eigenvalue weighted by molar-refractivity contribution is -0.384. The summed E-state index contributed by atoms with van der Waals surface area (Å²) in [7, 11) is -3.35. The zero-order valence-electron chi connectivity index (χ0n) is 12.6. The van der Waals surface area contributed by atoms with Crippen LogP contribution in [0.1, 0.15) is 5.56 Å². The monoisotopic (exact) mass is 429 g/mol. The van der Waals surface area contributed by atoms with Gasteiger partial charge >= 0.3 is 0 Å². The second-order valence-corrected chi connectivity index (χ2v) is 10.0. The minimum atomic E-state index is -3.35. The number of nitrogens with zero attached hydrogens (tertiary/aromatic N) is 1. The van der Waals surface area contributed by atoms with Crippen LogP contribution in [0.25, 0.3) is 0 Å².